The number of benzene rings is 2. The Bertz CT molecular complexity index is 1020. The molecule has 0 saturated carbocycles. The fourth-order valence-electron chi connectivity index (χ4n) is 2.78. The third kappa shape index (κ3) is 7.15. The molecule has 2 aromatic carbocycles. The van der Waals surface area contributed by atoms with Gasteiger partial charge in [-0.1, -0.05) is 24.3 Å². The highest BCUT2D eigenvalue weighted by Crippen LogP contribution is 2.33. The summed E-state index contributed by atoms with van der Waals surface area (Å²) in [4.78, 5) is 22.8. The first-order chi connectivity index (χ1) is 15.1. The van der Waals surface area contributed by atoms with Crippen LogP contribution >= 0.6 is 0 Å². The number of allylic oxidation sites excluding steroid dienone is 1. The van der Waals surface area contributed by atoms with Crippen molar-refractivity contribution < 1.29 is 37.3 Å². The van der Waals surface area contributed by atoms with E-state index in [0.717, 1.165) is 12.1 Å². The van der Waals surface area contributed by atoms with Gasteiger partial charge in [0.05, 0.1) is 25.3 Å². The van der Waals surface area contributed by atoms with Crippen molar-refractivity contribution in [1.82, 2.24) is 5.43 Å². The van der Waals surface area contributed by atoms with Crippen molar-refractivity contribution in [2.45, 2.75) is 19.0 Å². The van der Waals surface area contributed by atoms with Crippen molar-refractivity contribution in [2.24, 2.45) is 5.10 Å². The molecule has 0 fully saturated rings. The summed E-state index contributed by atoms with van der Waals surface area (Å²) >= 11 is 0. The number of nitrogens with one attached hydrogen (secondary N) is 1. The summed E-state index contributed by atoms with van der Waals surface area (Å²) in [6, 6.07) is 7.68. The lowest BCUT2D eigenvalue weighted by molar-refractivity contribution is -0.139. The van der Waals surface area contributed by atoms with Crippen molar-refractivity contribution in [1.29, 1.82) is 0 Å². The van der Waals surface area contributed by atoms with Crippen LogP contribution in [0.2, 0.25) is 0 Å². The number of carbonyl (C=O) groups excluding carboxylic acids is 1. The van der Waals surface area contributed by atoms with Gasteiger partial charge in [0, 0.05) is 5.56 Å². The summed E-state index contributed by atoms with van der Waals surface area (Å²) in [6.45, 7) is 3.09. The average Bonchev–Trinajstić information content (AvgIpc) is 2.72. The van der Waals surface area contributed by atoms with Crippen LogP contribution in [-0.2, 0) is 28.6 Å². The summed E-state index contributed by atoms with van der Waals surface area (Å²) in [7, 11) is 1.39. The van der Waals surface area contributed by atoms with Gasteiger partial charge in [0.1, 0.15) is 0 Å². The molecule has 0 bridgehead atoms. The number of halogens is 3. The number of alkyl halides is 3. The van der Waals surface area contributed by atoms with Gasteiger partial charge in [0.25, 0.3) is 0 Å². The van der Waals surface area contributed by atoms with Crippen LogP contribution in [0.1, 0.15) is 22.3 Å². The van der Waals surface area contributed by atoms with Crippen molar-refractivity contribution in [3.05, 3.63) is 71.3 Å². The number of hydrogen-bond donors (Lipinski definition) is 2. The highest BCUT2D eigenvalue weighted by atomic mass is 19.4. The van der Waals surface area contributed by atoms with Gasteiger partial charge < -0.3 is 14.6 Å². The highest BCUT2D eigenvalue weighted by molar-refractivity contribution is 5.84. The number of carbonyl (C=O) groups is 2. The quantitative estimate of drug-likeness (QED) is 0.328. The molecule has 0 atom stereocenters. The second-order valence-corrected chi connectivity index (χ2v) is 6.55. The van der Waals surface area contributed by atoms with Gasteiger partial charge >= 0.3 is 12.1 Å². The maximum atomic E-state index is 12.8. The number of aliphatic carboxylic acids is 1. The van der Waals surface area contributed by atoms with Crippen molar-refractivity contribution in [3.8, 4) is 11.5 Å². The molecule has 10 heteroatoms. The highest BCUT2D eigenvalue weighted by Gasteiger charge is 2.30. The number of rotatable bonds is 10. The third-order valence-electron chi connectivity index (χ3n) is 4.10. The van der Waals surface area contributed by atoms with Crippen LogP contribution < -0.4 is 14.9 Å². The molecule has 0 aromatic heterocycles. The molecule has 2 aromatic rings. The van der Waals surface area contributed by atoms with Crippen molar-refractivity contribution in [3.63, 3.8) is 0 Å². The molecule has 0 aliphatic heterocycles. The minimum atomic E-state index is -4.49. The van der Waals surface area contributed by atoms with Gasteiger partial charge in [0.15, 0.2) is 18.1 Å². The van der Waals surface area contributed by atoms with Crippen LogP contribution in [0.25, 0.3) is 0 Å². The van der Waals surface area contributed by atoms with Crippen LogP contribution in [0.15, 0.2) is 54.2 Å². The Kier molecular flexibility index (Phi) is 8.39. The number of amides is 1. The van der Waals surface area contributed by atoms with E-state index in [1.807, 2.05) is 0 Å². The van der Waals surface area contributed by atoms with E-state index in [1.165, 1.54) is 31.5 Å². The van der Waals surface area contributed by atoms with Crippen LogP contribution in [0, 0.1) is 0 Å². The lowest BCUT2D eigenvalue weighted by Gasteiger charge is -2.14. The number of hydrogen-bond acceptors (Lipinski definition) is 5. The van der Waals surface area contributed by atoms with Gasteiger partial charge in [0.2, 0.25) is 5.91 Å². The van der Waals surface area contributed by atoms with Gasteiger partial charge in [-0.3, -0.25) is 4.79 Å². The standard InChI is InChI=1S/C22H21F3N2O5/c1-3-5-16-8-15(10-18(31-2)21(16)32-13-20(29)30)12-26-27-19(28)11-14-6-4-7-17(9-14)22(23,24)25/h3-4,6-10,12H,1,5,11,13H2,2H3,(H,27,28)(H,29,30)/b26-12+. The Labute approximate surface area is 182 Å². The number of hydrazone groups is 1. The fourth-order valence-corrected chi connectivity index (χ4v) is 2.78. The zero-order valence-corrected chi connectivity index (χ0v) is 17.1. The zero-order valence-electron chi connectivity index (χ0n) is 17.1. The smallest absolute Gasteiger partial charge is 0.416 e. The lowest BCUT2D eigenvalue weighted by atomic mass is 10.1. The lowest BCUT2D eigenvalue weighted by Crippen LogP contribution is -2.20. The number of nitrogens with zero attached hydrogens (tertiary/aromatic N) is 1. The second kappa shape index (κ2) is 11.0. The molecule has 0 radical (unpaired) electrons. The normalized spacial score (nSPS) is 11.2. The molecule has 0 spiro atoms. The minimum Gasteiger partial charge on any atom is -0.493 e. The number of carboxylic acid groups (broad SMARTS) is 1. The Morgan fingerprint density at radius 3 is 2.62 bits per heavy atom. The molecule has 0 aliphatic rings. The molecule has 0 saturated heterocycles. The molecule has 1 amide bonds. The van der Waals surface area contributed by atoms with E-state index in [1.54, 1.807) is 12.1 Å². The largest absolute Gasteiger partial charge is 0.493 e. The molecule has 2 rings (SSSR count). The predicted molar refractivity (Wildman–Crippen MR) is 111 cm³/mol. The molecular weight excluding hydrogens is 429 g/mol. The van der Waals surface area contributed by atoms with E-state index < -0.39 is 30.2 Å². The SMILES string of the molecule is C=CCc1cc(/C=N/NC(=O)Cc2cccc(C(F)(F)F)c2)cc(OC)c1OCC(=O)O. The second-order valence-electron chi connectivity index (χ2n) is 6.55. The van der Waals surface area contributed by atoms with Crippen LogP contribution in [-0.4, -0.2) is 36.9 Å². The number of methoxy groups -OCH3 is 1. The van der Waals surface area contributed by atoms with E-state index in [-0.39, 0.29) is 23.5 Å². The topological polar surface area (TPSA) is 97.2 Å². The van der Waals surface area contributed by atoms with Gasteiger partial charge in [-0.25, -0.2) is 10.2 Å². The summed E-state index contributed by atoms with van der Waals surface area (Å²) in [5.74, 6) is -1.23. The summed E-state index contributed by atoms with van der Waals surface area (Å²) < 4.78 is 48.9. The van der Waals surface area contributed by atoms with Gasteiger partial charge in [-0.15, -0.1) is 6.58 Å². The first-order valence-electron chi connectivity index (χ1n) is 9.28. The molecule has 170 valence electrons. The first-order valence-corrected chi connectivity index (χ1v) is 9.28. The van der Waals surface area contributed by atoms with E-state index in [4.69, 9.17) is 14.6 Å². The fraction of sp³-hybridized carbons (Fsp3) is 0.227. The average molecular weight is 450 g/mol. The third-order valence-corrected chi connectivity index (χ3v) is 4.10. The molecule has 0 unspecified atom stereocenters. The summed E-state index contributed by atoms with van der Waals surface area (Å²) in [5.41, 5.74) is 2.73. The maximum Gasteiger partial charge on any atom is 0.416 e. The Morgan fingerprint density at radius 2 is 2.00 bits per heavy atom. The number of carboxylic acids is 1. The van der Waals surface area contributed by atoms with Crippen LogP contribution in [0.5, 0.6) is 11.5 Å². The molecule has 7 nitrogen and oxygen atoms in total. The summed E-state index contributed by atoms with van der Waals surface area (Å²) in [6.07, 6.45) is -1.50. The maximum absolute atomic E-state index is 12.8. The monoisotopic (exact) mass is 450 g/mol. The van der Waals surface area contributed by atoms with Gasteiger partial charge in [-0.2, -0.15) is 18.3 Å². The van der Waals surface area contributed by atoms with E-state index in [9.17, 15) is 22.8 Å². The molecule has 2 N–H and O–H groups in total. The first kappa shape index (κ1) is 24.4. The molecular formula is C22H21F3N2O5. The minimum absolute atomic E-state index is 0.197. The predicted octanol–water partition coefficient (Wildman–Crippen LogP) is 3.60. The van der Waals surface area contributed by atoms with Crippen LogP contribution in [0.4, 0.5) is 13.2 Å². The van der Waals surface area contributed by atoms with E-state index in [2.05, 4.69) is 17.1 Å². The van der Waals surface area contributed by atoms with Crippen molar-refractivity contribution >= 4 is 18.1 Å². The van der Waals surface area contributed by atoms with E-state index in [0.29, 0.717) is 17.5 Å². The zero-order chi connectivity index (χ0) is 23.7. The Morgan fingerprint density at radius 1 is 1.25 bits per heavy atom. The van der Waals surface area contributed by atoms with Crippen LogP contribution in [0.3, 0.4) is 0 Å². The van der Waals surface area contributed by atoms with E-state index >= 15 is 0 Å². The molecule has 32 heavy (non-hydrogen) atoms. The molecule has 0 aliphatic carbocycles. The Hall–Kier alpha value is -3.82. The summed E-state index contributed by atoms with van der Waals surface area (Å²) in [5, 5.41) is 12.7. The molecule has 0 heterocycles. The van der Waals surface area contributed by atoms with Crippen molar-refractivity contribution in [2.75, 3.05) is 13.7 Å². The Balaban J connectivity index is 2.12. The number of ether oxygens (including phenoxy) is 2. The van der Waals surface area contributed by atoms with Gasteiger partial charge in [-0.05, 0) is 35.7 Å².